The first-order chi connectivity index (χ1) is 7.73. The van der Waals surface area contributed by atoms with E-state index >= 15 is 0 Å². The summed E-state index contributed by atoms with van der Waals surface area (Å²) in [6.45, 7) is 7.82. The van der Waals surface area contributed by atoms with Crippen molar-refractivity contribution in [1.82, 2.24) is 5.06 Å². The van der Waals surface area contributed by atoms with Gasteiger partial charge in [-0.05, 0) is 27.7 Å². The predicted molar refractivity (Wildman–Crippen MR) is 62.7 cm³/mol. The Morgan fingerprint density at radius 1 is 1.35 bits per heavy atom. The highest BCUT2D eigenvalue weighted by atomic mass is 16.6. The number of hydroxylamine groups is 2. The number of rotatable bonds is 4. The minimum atomic E-state index is -0.742. The van der Waals surface area contributed by atoms with E-state index < -0.39 is 17.0 Å². The number of ether oxygens (including phenoxy) is 2. The lowest BCUT2D eigenvalue weighted by Gasteiger charge is -2.35. The minimum Gasteiger partial charge on any atom is -0.460 e. The Labute approximate surface area is 102 Å². The summed E-state index contributed by atoms with van der Waals surface area (Å²) in [6.07, 6.45) is 1.74. The van der Waals surface area contributed by atoms with Crippen molar-refractivity contribution < 1.29 is 19.5 Å². The van der Waals surface area contributed by atoms with Gasteiger partial charge in [-0.3, -0.25) is 0 Å². The quantitative estimate of drug-likeness (QED) is 0.597. The van der Waals surface area contributed by atoms with Gasteiger partial charge in [-0.1, -0.05) is 6.08 Å². The standard InChI is InChI=1S/C12H21NO4/c1-11(2)8-9(12(3,4)13(11)15)10(14)17-7-6-16-5/h8,15H,6-7H2,1-5H3. The Balaban J connectivity index is 2.79. The van der Waals surface area contributed by atoms with E-state index in [9.17, 15) is 10.0 Å². The van der Waals surface area contributed by atoms with Crippen LogP contribution in [-0.2, 0) is 14.3 Å². The van der Waals surface area contributed by atoms with Crippen LogP contribution >= 0.6 is 0 Å². The van der Waals surface area contributed by atoms with Gasteiger partial charge in [-0.2, -0.15) is 5.06 Å². The molecule has 0 radical (unpaired) electrons. The molecule has 0 atom stereocenters. The van der Waals surface area contributed by atoms with Crippen LogP contribution in [0.5, 0.6) is 0 Å². The van der Waals surface area contributed by atoms with Crippen molar-refractivity contribution in [3.05, 3.63) is 11.6 Å². The Morgan fingerprint density at radius 3 is 2.35 bits per heavy atom. The zero-order valence-corrected chi connectivity index (χ0v) is 11.1. The Kier molecular flexibility index (Phi) is 3.96. The van der Waals surface area contributed by atoms with Crippen molar-refractivity contribution in [1.29, 1.82) is 0 Å². The van der Waals surface area contributed by atoms with Gasteiger partial charge in [-0.15, -0.1) is 0 Å². The largest absolute Gasteiger partial charge is 0.460 e. The van der Waals surface area contributed by atoms with Gasteiger partial charge < -0.3 is 14.7 Å². The summed E-state index contributed by atoms with van der Waals surface area (Å²) in [4.78, 5) is 11.9. The van der Waals surface area contributed by atoms with E-state index in [0.29, 0.717) is 12.2 Å². The maximum absolute atomic E-state index is 11.9. The summed E-state index contributed by atoms with van der Waals surface area (Å²) in [5, 5.41) is 11.2. The maximum Gasteiger partial charge on any atom is 0.335 e. The maximum atomic E-state index is 11.9. The number of methoxy groups -OCH3 is 1. The van der Waals surface area contributed by atoms with Gasteiger partial charge in [0.05, 0.1) is 23.3 Å². The number of hydrogen-bond acceptors (Lipinski definition) is 5. The molecule has 0 aromatic heterocycles. The molecule has 1 heterocycles. The van der Waals surface area contributed by atoms with Crippen LogP contribution in [0, 0.1) is 0 Å². The summed E-state index contributed by atoms with van der Waals surface area (Å²) in [5.41, 5.74) is -0.839. The van der Waals surface area contributed by atoms with E-state index in [2.05, 4.69) is 0 Å². The molecule has 0 saturated carbocycles. The molecule has 1 rings (SSSR count). The molecule has 0 aromatic rings. The van der Waals surface area contributed by atoms with Crippen molar-refractivity contribution in [3.8, 4) is 0 Å². The number of carbonyl (C=O) groups excluding carboxylic acids is 1. The molecule has 1 aliphatic heterocycles. The molecule has 0 aliphatic carbocycles. The van der Waals surface area contributed by atoms with Crippen LogP contribution in [0.3, 0.4) is 0 Å². The summed E-state index contributed by atoms with van der Waals surface area (Å²) in [7, 11) is 1.55. The van der Waals surface area contributed by atoms with Crippen LogP contribution in [-0.4, -0.2) is 47.6 Å². The fourth-order valence-electron chi connectivity index (χ4n) is 2.03. The van der Waals surface area contributed by atoms with Gasteiger partial charge in [0, 0.05) is 7.11 Å². The van der Waals surface area contributed by atoms with Gasteiger partial charge in [0.1, 0.15) is 6.61 Å². The average molecular weight is 243 g/mol. The third-order valence-electron chi connectivity index (χ3n) is 2.97. The molecular formula is C12H21NO4. The molecule has 17 heavy (non-hydrogen) atoms. The van der Waals surface area contributed by atoms with E-state index in [1.807, 2.05) is 13.8 Å². The summed E-state index contributed by atoms with van der Waals surface area (Å²) in [6, 6.07) is 0. The first-order valence-electron chi connectivity index (χ1n) is 5.62. The Bertz CT molecular complexity index is 333. The highest BCUT2D eigenvalue weighted by Crippen LogP contribution is 2.38. The van der Waals surface area contributed by atoms with E-state index in [-0.39, 0.29) is 6.61 Å². The van der Waals surface area contributed by atoms with Crippen molar-refractivity contribution in [2.24, 2.45) is 0 Å². The van der Waals surface area contributed by atoms with Crippen LogP contribution in [0.25, 0.3) is 0 Å². The number of carbonyl (C=O) groups is 1. The highest BCUT2D eigenvalue weighted by Gasteiger charge is 2.48. The van der Waals surface area contributed by atoms with Gasteiger partial charge in [0.25, 0.3) is 0 Å². The van der Waals surface area contributed by atoms with E-state index in [0.717, 1.165) is 0 Å². The molecule has 1 N–H and O–H groups in total. The summed E-state index contributed by atoms with van der Waals surface area (Å²) < 4.78 is 9.89. The van der Waals surface area contributed by atoms with Crippen molar-refractivity contribution in [2.45, 2.75) is 38.8 Å². The summed E-state index contributed by atoms with van der Waals surface area (Å²) >= 11 is 0. The van der Waals surface area contributed by atoms with Gasteiger partial charge in [0.2, 0.25) is 0 Å². The van der Waals surface area contributed by atoms with E-state index in [1.54, 1.807) is 27.0 Å². The SMILES string of the molecule is COCCOC(=O)C1=CC(C)(C)N(O)C1(C)C. The molecule has 0 spiro atoms. The van der Waals surface area contributed by atoms with E-state index in [1.165, 1.54) is 5.06 Å². The second kappa shape index (κ2) is 4.76. The molecular weight excluding hydrogens is 222 g/mol. The smallest absolute Gasteiger partial charge is 0.335 e. The van der Waals surface area contributed by atoms with Crippen molar-refractivity contribution >= 4 is 5.97 Å². The van der Waals surface area contributed by atoms with Crippen molar-refractivity contribution in [2.75, 3.05) is 20.3 Å². The molecule has 0 bridgehead atoms. The van der Waals surface area contributed by atoms with Crippen LogP contribution in [0.4, 0.5) is 0 Å². The number of esters is 1. The molecule has 0 aromatic carbocycles. The van der Waals surface area contributed by atoms with Crippen LogP contribution in [0.15, 0.2) is 11.6 Å². The third kappa shape index (κ3) is 2.68. The van der Waals surface area contributed by atoms with Gasteiger partial charge in [-0.25, -0.2) is 4.79 Å². The second-order valence-corrected chi connectivity index (χ2v) is 5.21. The lowest BCUT2D eigenvalue weighted by molar-refractivity contribution is -0.187. The zero-order chi connectivity index (χ0) is 13.3. The molecule has 0 saturated heterocycles. The predicted octanol–water partition coefficient (Wildman–Crippen LogP) is 1.36. The molecule has 5 heteroatoms. The van der Waals surface area contributed by atoms with Crippen LogP contribution in [0.1, 0.15) is 27.7 Å². The lowest BCUT2D eigenvalue weighted by atomic mass is 9.97. The molecule has 1 aliphatic rings. The van der Waals surface area contributed by atoms with E-state index in [4.69, 9.17) is 9.47 Å². The number of nitrogens with zero attached hydrogens (tertiary/aromatic N) is 1. The molecule has 0 fully saturated rings. The zero-order valence-electron chi connectivity index (χ0n) is 11.1. The van der Waals surface area contributed by atoms with Gasteiger partial charge >= 0.3 is 5.97 Å². The molecule has 0 unspecified atom stereocenters. The average Bonchev–Trinajstić information content (AvgIpc) is 2.39. The fraction of sp³-hybridized carbons (Fsp3) is 0.750. The fourth-order valence-corrected chi connectivity index (χ4v) is 2.03. The molecule has 98 valence electrons. The lowest BCUT2D eigenvalue weighted by Crippen LogP contribution is -2.48. The summed E-state index contributed by atoms with van der Waals surface area (Å²) in [5.74, 6) is -0.406. The monoisotopic (exact) mass is 243 g/mol. The van der Waals surface area contributed by atoms with Gasteiger partial charge in [0.15, 0.2) is 0 Å². The Hall–Kier alpha value is -0.910. The first kappa shape index (κ1) is 14.2. The molecule has 5 nitrogen and oxygen atoms in total. The third-order valence-corrected chi connectivity index (χ3v) is 2.97. The van der Waals surface area contributed by atoms with Crippen LogP contribution in [0.2, 0.25) is 0 Å². The first-order valence-corrected chi connectivity index (χ1v) is 5.62. The molecule has 0 amide bonds. The number of hydrogen-bond donors (Lipinski definition) is 1. The highest BCUT2D eigenvalue weighted by molar-refractivity contribution is 5.92. The Morgan fingerprint density at radius 2 is 1.94 bits per heavy atom. The van der Waals surface area contributed by atoms with Crippen molar-refractivity contribution in [3.63, 3.8) is 0 Å². The van der Waals surface area contributed by atoms with Crippen LogP contribution < -0.4 is 0 Å². The normalized spacial score (nSPS) is 22.4. The topological polar surface area (TPSA) is 59.0 Å². The second-order valence-electron chi connectivity index (χ2n) is 5.21. The minimum absolute atomic E-state index is 0.217.